The molecule has 2 aromatic heterocycles. The van der Waals surface area contributed by atoms with Gasteiger partial charge in [0.05, 0.1) is 20.0 Å². The van der Waals surface area contributed by atoms with Gasteiger partial charge in [-0.3, -0.25) is 4.79 Å². The number of hydrogen-bond acceptors (Lipinski definition) is 5. The zero-order valence-corrected chi connectivity index (χ0v) is 16.9. The Morgan fingerprint density at radius 3 is 2.36 bits per heavy atom. The van der Waals surface area contributed by atoms with E-state index in [1.54, 1.807) is 22.7 Å². The zero-order valence-electron chi connectivity index (χ0n) is 15.2. The van der Waals surface area contributed by atoms with Crippen LogP contribution in [0.2, 0.25) is 0 Å². The third-order valence-electron chi connectivity index (χ3n) is 5.01. The maximum absolute atomic E-state index is 13.0. The van der Waals surface area contributed by atoms with Crippen LogP contribution >= 0.6 is 22.7 Å². The van der Waals surface area contributed by atoms with Crippen molar-refractivity contribution in [2.24, 2.45) is 0 Å². The molecule has 0 N–H and O–H groups in total. The smallest absolute Gasteiger partial charge is 0.264 e. The number of thiazole rings is 1. The lowest BCUT2D eigenvalue weighted by molar-refractivity contribution is 0.0751. The third kappa shape index (κ3) is 3.30. The SMILES string of the molecule is O=C(c1ccc(-c2nc3ccccc3s2)s1)N1CCN(c2ccccc2)CC1. The van der Waals surface area contributed by atoms with Crippen molar-refractivity contribution in [1.82, 2.24) is 9.88 Å². The highest BCUT2D eigenvalue weighted by molar-refractivity contribution is 7.26. The Bertz CT molecular complexity index is 1080. The van der Waals surface area contributed by atoms with Crippen LogP contribution in [0, 0.1) is 0 Å². The molecule has 1 amide bonds. The van der Waals surface area contributed by atoms with Crippen molar-refractivity contribution in [1.29, 1.82) is 0 Å². The molecule has 0 aliphatic carbocycles. The van der Waals surface area contributed by atoms with Gasteiger partial charge in [0.2, 0.25) is 0 Å². The molecule has 0 radical (unpaired) electrons. The summed E-state index contributed by atoms with van der Waals surface area (Å²) in [5.41, 5.74) is 2.24. The molecule has 28 heavy (non-hydrogen) atoms. The fraction of sp³-hybridized carbons (Fsp3) is 0.182. The van der Waals surface area contributed by atoms with Crippen LogP contribution in [-0.4, -0.2) is 42.0 Å². The molecule has 140 valence electrons. The van der Waals surface area contributed by atoms with Crippen molar-refractivity contribution in [3.8, 4) is 9.88 Å². The standard InChI is InChI=1S/C22H19N3OS2/c26-22(25-14-12-24(13-15-25)16-6-2-1-3-7-16)20-11-10-19(27-20)21-23-17-8-4-5-9-18(17)28-21/h1-11H,12-15H2. The van der Waals surface area contributed by atoms with Crippen LogP contribution in [0.5, 0.6) is 0 Å². The Morgan fingerprint density at radius 1 is 0.821 bits per heavy atom. The van der Waals surface area contributed by atoms with E-state index in [0.29, 0.717) is 0 Å². The van der Waals surface area contributed by atoms with Gasteiger partial charge >= 0.3 is 0 Å². The molecular formula is C22H19N3OS2. The second-order valence-corrected chi connectivity index (χ2v) is 8.88. The van der Waals surface area contributed by atoms with Crippen LogP contribution in [0.4, 0.5) is 5.69 Å². The Hall–Kier alpha value is -2.70. The molecule has 6 heteroatoms. The number of aromatic nitrogens is 1. The fourth-order valence-electron chi connectivity index (χ4n) is 3.51. The molecule has 1 fully saturated rings. The summed E-state index contributed by atoms with van der Waals surface area (Å²) in [5.74, 6) is 0.130. The fourth-order valence-corrected chi connectivity index (χ4v) is 5.50. The molecule has 4 aromatic rings. The van der Waals surface area contributed by atoms with Gasteiger partial charge in [-0.2, -0.15) is 0 Å². The minimum Gasteiger partial charge on any atom is -0.368 e. The zero-order chi connectivity index (χ0) is 18.9. The van der Waals surface area contributed by atoms with Gasteiger partial charge in [-0.15, -0.1) is 22.7 Å². The van der Waals surface area contributed by atoms with Gasteiger partial charge in [0.15, 0.2) is 0 Å². The maximum atomic E-state index is 13.0. The number of piperazine rings is 1. The average Bonchev–Trinajstić information content (AvgIpc) is 3.41. The summed E-state index contributed by atoms with van der Waals surface area (Å²) < 4.78 is 1.18. The van der Waals surface area contributed by atoms with E-state index in [1.165, 1.54) is 10.4 Å². The van der Waals surface area contributed by atoms with Crippen LogP contribution in [0.3, 0.4) is 0 Å². The van der Waals surface area contributed by atoms with E-state index in [4.69, 9.17) is 4.98 Å². The summed E-state index contributed by atoms with van der Waals surface area (Å²) >= 11 is 3.22. The predicted molar refractivity (Wildman–Crippen MR) is 117 cm³/mol. The maximum Gasteiger partial charge on any atom is 0.264 e. The number of anilines is 1. The highest BCUT2D eigenvalue weighted by Crippen LogP contribution is 2.34. The lowest BCUT2D eigenvalue weighted by Gasteiger charge is -2.36. The highest BCUT2D eigenvalue weighted by atomic mass is 32.1. The number of amides is 1. The summed E-state index contributed by atoms with van der Waals surface area (Å²) in [6.45, 7) is 3.24. The van der Waals surface area contributed by atoms with Crippen LogP contribution in [0.1, 0.15) is 9.67 Å². The van der Waals surface area contributed by atoms with Crippen molar-refractivity contribution in [2.75, 3.05) is 31.1 Å². The van der Waals surface area contributed by atoms with E-state index >= 15 is 0 Å². The van der Waals surface area contributed by atoms with Crippen molar-refractivity contribution < 1.29 is 4.79 Å². The molecule has 0 atom stereocenters. The van der Waals surface area contributed by atoms with Gasteiger partial charge in [0.25, 0.3) is 5.91 Å². The minimum atomic E-state index is 0.130. The molecule has 4 nitrogen and oxygen atoms in total. The Balaban J connectivity index is 1.29. The van der Waals surface area contributed by atoms with Gasteiger partial charge in [0.1, 0.15) is 5.01 Å². The van der Waals surface area contributed by atoms with E-state index in [-0.39, 0.29) is 5.91 Å². The van der Waals surface area contributed by atoms with Gasteiger partial charge in [-0.1, -0.05) is 30.3 Å². The first-order chi connectivity index (χ1) is 13.8. The Labute approximate surface area is 171 Å². The van der Waals surface area contributed by atoms with Gasteiger partial charge in [-0.25, -0.2) is 4.98 Å². The molecular weight excluding hydrogens is 386 g/mol. The third-order valence-corrected chi connectivity index (χ3v) is 7.29. The van der Waals surface area contributed by atoms with Crippen LogP contribution < -0.4 is 4.90 Å². The molecule has 2 aromatic carbocycles. The number of carbonyl (C=O) groups is 1. The molecule has 0 bridgehead atoms. The summed E-state index contributed by atoms with van der Waals surface area (Å²) in [7, 11) is 0. The molecule has 0 saturated carbocycles. The van der Waals surface area contributed by atoms with E-state index < -0.39 is 0 Å². The summed E-state index contributed by atoms with van der Waals surface area (Å²) in [4.78, 5) is 23.8. The second kappa shape index (κ2) is 7.37. The van der Waals surface area contributed by atoms with E-state index in [1.807, 2.05) is 41.3 Å². The second-order valence-electron chi connectivity index (χ2n) is 6.77. The van der Waals surface area contributed by atoms with Crippen LogP contribution in [0.25, 0.3) is 20.1 Å². The van der Waals surface area contributed by atoms with Crippen molar-refractivity contribution in [3.05, 3.63) is 71.6 Å². The van der Waals surface area contributed by atoms with E-state index in [0.717, 1.165) is 46.5 Å². The molecule has 3 heterocycles. The summed E-state index contributed by atoms with van der Waals surface area (Å²) in [5, 5.41) is 0.985. The monoisotopic (exact) mass is 405 g/mol. The van der Waals surface area contributed by atoms with Crippen molar-refractivity contribution >= 4 is 44.5 Å². The number of rotatable bonds is 3. The predicted octanol–water partition coefficient (Wildman–Crippen LogP) is 4.99. The number of para-hydroxylation sites is 2. The normalized spacial score (nSPS) is 14.6. The van der Waals surface area contributed by atoms with E-state index in [9.17, 15) is 4.79 Å². The minimum absolute atomic E-state index is 0.130. The number of carbonyl (C=O) groups excluding carboxylic acids is 1. The highest BCUT2D eigenvalue weighted by Gasteiger charge is 2.23. The molecule has 0 unspecified atom stereocenters. The lowest BCUT2D eigenvalue weighted by Crippen LogP contribution is -2.48. The first kappa shape index (κ1) is 17.4. The topological polar surface area (TPSA) is 36.4 Å². The molecule has 1 aliphatic rings. The van der Waals surface area contributed by atoms with Crippen LogP contribution in [0.15, 0.2) is 66.7 Å². The number of nitrogens with zero attached hydrogens (tertiary/aromatic N) is 3. The lowest BCUT2D eigenvalue weighted by atomic mass is 10.2. The number of thiophene rings is 1. The molecule has 5 rings (SSSR count). The average molecular weight is 406 g/mol. The van der Waals surface area contributed by atoms with Gasteiger partial charge in [0, 0.05) is 31.9 Å². The Morgan fingerprint density at radius 2 is 1.57 bits per heavy atom. The van der Waals surface area contributed by atoms with Gasteiger partial charge in [-0.05, 0) is 36.4 Å². The summed E-state index contributed by atoms with van der Waals surface area (Å²) in [6.07, 6.45) is 0. The summed E-state index contributed by atoms with van der Waals surface area (Å²) in [6, 6.07) is 22.5. The van der Waals surface area contributed by atoms with Crippen molar-refractivity contribution in [2.45, 2.75) is 0 Å². The molecule has 1 saturated heterocycles. The van der Waals surface area contributed by atoms with Crippen LogP contribution in [-0.2, 0) is 0 Å². The van der Waals surface area contributed by atoms with Crippen molar-refractivity contribution in [3.63, 3.8) is 0 Å². The number of fused-ring (bicyclic) bond motifs is 1. The largest absolute Gasteiger partial charge is 0.368 e. The quantitative estimate of drug-likeness (QED) is 0.482. The van der Waals surface area contributed by atoms with E-state index in [2.05, 4.69) is 35.2 Å². The first-order valence-corrected chi connectivity index (χ1v) is 11.0. The number of benzene rings is 2. The Kier molecular flexibility index (Phi) is 4.58. The molecule has 0 spiro atoms. The number of hydrogen-bond donors (Lipinski definition) is 0. The molecule has 1 aliphatic heterocycles. The first-order valence-electron chi connectivity index (χ1n) is 9.33. The van der Waals surface area contributed by atoms with Gasteiger partial charge < -0.3 is 9.80 Å².